The minimum absolute atomic E-state index is 0.0348. The molecule has 0 spiro atoms. The summed E-state index contributed by atoms with van der Waals surface area (Å²) in [5.41, 5.74) is 0. The standard InChI is InChI=1S/C7H10N4O2/c1-4(2)11-7-6(9-10-11)8-5(12)3-13-7/h4H,3H2,1-2H3,(H,8,12). The van der Waals surface area contributed by atoms with Crippen molar-refractivity contribution in [2.45, 2.75) is 19.9 Å². The van der Waals surface area contributed by atoms with Crippen LogP contribution in [0.5, 0.6) is 5.88 Å². The summed E-state index contributed by atoms with van der Waals surface area (Å²) in [7, 11) is 0. The number of hydrogen-bond donors (Lipinski definition) is 1. The fraction of sp³-hybridized carbons (Fsp3) is 0.571. The topological polar surface area (TPSA) is 69.0 Å². The Morgan fingerprint density at radius 3 is 3.08 bits per heavy atom. The lowest BCUT2D eigenvalue weighted by Crippen LogP contribution is -2.26. The molecule has 1 aromatic rings. The second kappa shape index (κ2) is 2.72. The maximum Gasteiger partial charge on any atom is 0.263 e. The van der Waals surface area contributed by atoms with Gasteiger partial charge >= 0.3 is 0 Å². The van der Waals surface area contributed by atoms with Gasteiger partial charge < -0.3 is 10.1 Å². The summed E-state index contributed by atoms with van der Waals surface area (Å²) in [4.78, 5) is 10.9. The maximum absolute atomic E-state index is 10.9. The number of aromatic nitrogens is 3. The van der Waals surface area contributed by atoms with Crippen molar-refractivity contribution in [2.24, 2.45) is 0 Å². The van der Waals surface area contributed by atoms with Crippen molar-refractivity contribution in [3.05, 3.63) is 0 Å². The summed E-state index contributed by atoms with van der Waals surface area (Å²) < 4.78 is 6.83. The number of fused-ring (bicyclic) bond motifs is 1. The predicted molar refractivity (Wildman–Crippen MR) is 44.5 cm³/mol. The van der Waals surface area contributed by atoms with Crippen LogP contribution >= 0.6 is 0 Å². The zero-order chi connectivity index (χ0) is 9.42. The molecule has 0 saturated carbocycles. The van der Waals surface area contributed by atoms with Crippen LogP contribution in [0.15, 0.2) is 0 Å². The Morgan fingerprint density at radius 1 is 1.62 bits per heavy atom. The number of amides is 1. The monoisotopic (exact) mass is 182 g/mol. The molecule has 0 aromatic carbocycles. The summed E-state index contributed by atoms with van der Waals surface area (Å²) in [6, 6.07) is 0.172. The normalized spacial score (nSPS) is 15.2. The van der Waals surface area contributed by atoms with Gasteiger partial charge in [0.2, 0.25) is 5.82 Å². The van der Waals surface area contributed by atoms with E-state index in [4.69, 9.17) is 4.74 Å². The molecule has 2 heterocycles. The fourth-order valence-corrected chi connectivity index (χ4v) is 1.14. The molecule has 70 valence electrons. The quantitative estimate of drug-likeness (QED) is 0.673. The molecule has 0 atom stereocenters. The summed E-state index contributed by atoms with van der Waals surface area (Å²) >= 11 is 0. The highest BCUT2D eigenvalue weighted by molar-refractivity contribution is 5.93. The molecule has 1 aliphatic heterocycles. The van der Waals surface area contributed by atoms with E-state index in [1.807, 2.05) is 13.8 Å². The predicted octanol–water partition coefficient (Wildman–Crippen LogP) is 0.190. The second-order valence-electron chi connectivity index (χ2n) is 3.12. The van der Waals surface area contributed by atoms with Gasteiger partial charge in [0.25, 0.3) is 11.8 Å². The lowest BCUT2D eigenvalue weighted by molar-refractivity contribution is -0.118. The highest BCUT2D eigenvalue weighted by Gasteiger charge is 2.23. The van der Waals surface area contributed by atoms with E-state index in [2.05, 4.69) is 15.6 Å². The van der Waals surface area contributed by atoms with Gasteiger partial charge in [-0.15, -0.1) is 5.10 Å². The van der Waals surface area contributed by atoms with Gasteiger partial charge in [0.05, 0.1) is 6.04 Å². The van der Waals surface area contributed by atoms with E-state index in [9.17, 15) is 4.79 Å². The Morgan fingerprint density at radius 2 is 2.38 bits per heavy atom. The van der Waals surface area contributed by atoms with Crippen molar-refractivity contribution in [3.8, 4) is 5.88 Å². The summed E-state index contributed by atoms with van der Waals surface area (Å²) in [6.07, 6.45) is 0. The minimum atomic E-state index is -0.191. The lowest BCUT2D eigenvalue weighted by atomic mass is 10.4. The first kappa shape index (κ1) is 8.03. The van der Waals surface area contributed by atoms with Crippen molar-refractivity contribution in [1.29, 1.82) is 0 Å². The van der Waals surface area contributed by atoms with Gasteiger partial charge in [0.1, 0.15) is 0 Å². The molecule has 0 radical (unpaired) electrons. The molecule has 0 unspecified atom stereocenters. The minimum Gasteiger partial charge on any atom is -0.465 e. The van der Waals surface area contributed by atoms with Crippen LogP contribution in [-0.4, -0.2) is 27.5 Å². The number of carbonyl (C=O) groups is 1. The number of hydrogen-bond acceptors (Lipinski definition) is 4. The van der Waals surface area contributed by atoms with Crippen molar-refractivity contribution >= 4 is 11.7 Å². The zero-order valence-corrected chi connectivity index (χ0v) is 7.44. The molecular weight excluding hydrogens is 172 g/mol. The Bertz CT molecular complexity index is 344. The van der Waals surface area contributed by atoms with E-state index in [0.29, 0.717) is 11.7 Å². The largest absolute Gasteiger partial charge is 0.465 e. The highest BCUT2D eigenvalue weighted by atomic mass is 16.5. The SMILES string of the molecule is CC(C)n1nnc2c1OCC(=O)N2. The van der Waals surface area contributed by atoms with E-state index in [0.717, 1.165) is 0 Å². The first-order chi connectivity index (χ1) is 6.18. The molecule has 0 saturated heterocycles. The van der Waals surface area contributed by atoms with Crippen LogP contribution in [0.25, 0.3) is 0 Å². The smallest absolute Gasteiger partial charge is 0.263 e. The molecule has 6 nitrogen and oxygen atoms in total. The van der Waals surface area contributed by atoms with Crippen LogP contribution in [0.3, 0.4) is 0 Å². The van der Waals surface area contributed by atoms with E-state index in [1.165, 1.54) is 0 Å². The van der Waals surface area contributed by atoms with Crippen LogP contribution < -0.4 is 10.1 Å². The van der Waals surface area contributed by atoms with Crippen LogP contribution in [0.4, 0.5) is 5.82 Å². The molecular formula is C7H10N4O2. The van der Waals surface area contributed by atoms with Gasteiger partial charge in [-0.25, -0.2) is 4.68 Å². The van der Waals surface area contributed by atoms with E-state index in [-0.39, 0.29) is 18.6 Å². The van der Waals surface area contributed by atoms with E-state index in [1.54, 1.807) is 4.68 Å². The summed E-state index contributed by atoms with van der Waals surface area (Å²) in [5.74, 6) is 0.753. The maximum atomic E-state index is 10.9. The molecule has 0 aliphatic carbocycles. The van der Waals surface area contributed by atoms with Crippen molar-refractivity contribution < 1.29 is 9.53 Å². The number of ether oxygens (including phenoxy) is 1. The fourth-order valence-electron chi connectivity index (χ4n) is 1.14. The summed E-state index contributed by atoms with van der Waals surface area (Å²) in [5, 5.41) is 10.2. The molecule has 13 heavy (non-hydrogen) atoms. The Kier molecular flexibility index (Phi) is 1.68. The number of nitrogens with one attached hydrogen (secondary N) is 1. The van der Waals surface area contributed by atoms with E-state index >= 15 is 0 Å². The van der Waals surface area contributed by atoms with Gasteiger partial charge in [-0.1, -0.05) is 5.21 Å². The van der Waals surface area contributed by atoms with Crippen molar-refractivity contribution in [2.75, 3.05) is 11.9 Å². The third-order valence-corrected chi connectivity index (χ3v) is 1.74. The first-order valence-electron chi connectivity index (χ1n) is 4.06. The molecule has 1 amide bonds. The Labute approximate surface area is 74.9 Å². The molecule has 0 bridgehead atoms. The molecule has 2 rings (SSSR count). The average molecular weight is 182 g/mol. The van der Waals surface area contributed by atoms with Crippen LogP contribution in [-0.2, 0) is 4.79 Å². The van der Waals surface area contributed by atoms with Crippen LogP contribution in [0.1, 0.15) is 19.9 Å². The van der Waals surface area contributed by atoms with Crippen molar-refractivity contribution in [1.82, 2.24) is 15.0 Å². The van der Waals surface area contributed by atoms with E-state index < -0.39 is 0 Å². The number of carbonyl (C=O) groups excluding carboxylic acids is 1. The number of rotatable bonds is 1. The van der Waals surface area contributed by atoms with Crippen LogP contribution in [0.2, 0.25) is 0 Å². The van der Waals surface area contributed by atoms with Gasteiger partial charge in [0.15, 0.2) is 6.61 Å². The lowest BCUT2D eigenvalue weighted by Gasteiger charge is -2.15. The third kappa shape index (κ3) is 1.24. The third-order valence-electron chi connectivity index (χ3n) is 1.74. The first-order valence-corrected chi connectivity index (χ1v) is 4.06. The second-order valence-corrected chi connectivity index (χ2v) is 3.12. The van der Waals surface area contributed by atoms with Gasteiger partial charge in [-0.3, -0.25) is 4.79 Å². The van der Waals surface area contributed by atoms with Gasteiger partial charge in [-0.05, 0) is 13.8 Å². The van der Waals surface area contributed by atoms with Gasteiger partial charge in [0, 0.05) is 0 Å². The van der Waals surface area contributed by atoms with Crippen LogP contribution in [0, 0.1) is 0 Å². The molecule has 1 N–H and O–H groups in total. The molecule has 6 heteroatoms. The zero-order valence-electron chi connectivity index (χ0n) is 7.44. The van der Waals surface area contributed by atoms with Crippen molar-refractivity contribution in [3.63, 3.8) is 0 Å². The Hall–Kier alpha value is -1.59. The molecule has 1 aromatic heterocycles. The number of nitrogens with zero attached hydrogens (tertiary/aromatic N) is 3. The summed E-state index contributed by atoms with van der Waals surface area (Å²) in [6.45, 7) is 3.97. The van der Waals surface area contributed by atoms with Gasteiger partial charge in [-0.2, -0.15) is 0 Å². The highest BCUT2D eigenvalue weighted by Crippen LogP contribution is 2.26. The average Bonchev–Trinajstić information content (AvgIpc) is 2.46. The number of anilines is 1. The molecule has 0 fully saturated rings. The molecule has 1 aliphatic rings. The Balaban J connectivity index is 2.38.